The number of methoxy groups -OCH3 is 1. The maximum atomic E-state index is 11.8. The highest BCUT2D eigenvalue weighted by atomic mass is 32.2. The third kappa shape index (κ3) is 8.06. The Bertz CT molecular complexity index is 397. The van der Waals surface area contributed by atoms with Crippen LogP contribution < -0.4 is 10.0 Å². The molecular formula is C10H20N2O5S2. The lowest BCUT2D eigenvalue weighted by atomic mass is 10.2. The molecule has 0 aliphatic rings. The van der Waals surface area contributed by atoms with Gasteiger partial charge in [0.05, 0.1) is 12.9 Å². The molecule has 0 aromatic heterocycles. The summed E-state index contributed by atoms with van der Waals surface area (Å²) in [5.74, 6) is -0.595. The number of rotatable bonds is 9. The van der Waals surface area contributed by atoms with Gasteiger partial charge in [0.2, 0.25) is 15.9 Å². The Morgan fingerprint density at radius 3 is 2.47 bits per heavy atom. The van der Waals surface area contributed by atoms with E-state index in [0.717, 1.165) is 0 Å². The summed E-state index contributed by atoms with van der Waals surface area (Å²) in [6, 6.07) is -0.873. The van der Waals surface area contributed by atoms with E-state index in [2.05, 4.69) is 14.8 Å². The summed E-state index contributed by atoms with van der Waals surface area (Å²) in [4.78, 5) is 22.7. The van der Waals surface area contributed by atoms with Crippen molar-refractivity contribution in [3.05, 3.63) is 0 Å². The van der Waals surface area contributed by atoms with E-state index < -0.39 is 27.9 Å². The summed E-state index contributed by atoms with van der Waals surface area (Å²) in [5, 5.41) is 2.34. The van der Waals surface area contributed by atoms with E-state index in [9.17, 15) is 18.0 Å². The average Bonchev–Trinajstić information content (AvgIpc) is 2.40. The normalized spacial score (nSPS) is 12.8. The molecule has 1 amide bonds. The quantitative estimate of drug-likeness (QED) is 0.548. The van der Waals surface area contributed by atoms with Crippen LogP contribution in [0.2, 0.25) is 0 Å². The molecule has 0 aliphatic carbocycles. The number of carbonyl (C=O) groups is 2. The highest BCUT2D eigenvalue weighted by Crippen LogP contribution is 2.03. The molecule has 0 aromatic rings. The second-order valence-electron chi connectivity index (χ2n) is 3.65. The molecule has 112 valence electrons. The summed E-state index contributed by atoms with van der Waals surface area (Å²) in [7, 11) is -2.27. The highest BCUT2D eigenvalue weighted by molar-refractivity contribution is 7.98. The van der Waals surface area contributed by atoms with Crippen molar-refractivity contribution in [3.63, 3.8) is 0 Å². The second-order valence-corrected chi connectivity index (χ2v) is 6.68. The fraction of sp³-hybridized carbons (Fsp3) is 0.800. The largest absolute Gasteiger partial charge is 0.468 e. The number of sulfonamides is 1. The molecule has 19 heavy (non-hydrogen) atoms. The van der Waals surface area contributed by atoms with Gasteiger partial charge in [0, 0.05) is 0 Å². The van der Waals surface area contributed by atoms with E-state index in [1.54, 1.807) is 0 Å². The van der Waals surface area contributed by atoms with E-state index in [-0.39, 0.29) is 12.3 Å². The average molecular weight is 312 g/mol. The van der Waals surface area contributed by atoms with Gasteiger partial charge in [0.25, 0.3) is 0 Å². The van der Waals surface area contributed by atoms with Gasteiger partial charge < -0.3 is 10.1 Å². The highest BCUT2D eigenvalue weighted by Gasteiger charge is 2.23. The lowest BCUT2D eigenvalue weighted by molar-refractivity contribution is -0.141. The van der Waals surface area contributed by atoms with Gasteiger partial charge in [-0.15, -0.1) is 0 Å². The van der Waals surface area contributed by atoms with Gasteiger partial charge in [-0.25, -0.2) is 13.1 Å². The fourth-order valence-electron chi connectivity index (χ4n) is 1.13. The van der Waals surface area contributed by atoms with Crippen LogP contribution >= 0.6 is 11.8 Å². The van der Waals surface area contributed by atoms with Gasteiger partial charge in [-0.3, -0.25) is 9.59 Å². The molecule has 0 saturated carbocycles. The zero-order chi connectivity index (χ0) is 14.9. The van der Waals surface area contributed by atoms with Crippen LogP contribution in [0.5, 0.6) is 0 Å². The van der Waals surface area contributed by atoms with Crippen molar-refractivity contribution < 1.29 is 22.7 Å². The summed E-state index contributed by atoms with van der Waals surface area (Å²) in [5.41, 5.74) is 0. The third-order valence-corrected chi connectivity index (χ3v) is 4.31. The first kappa shape index (κ1) is 18.2. The number of hydrogen-bond donors (Lipinski definition) is 2. The van der Waals surface area contributed by atoms with Crippen LogP contribution in [0.25, 0.3) is 0 Å². The summed E-state index contributed by atoms with van der Waals surface area (Å²) in [6.45, 7) is 1.21. The van der Waals surface area contributed by atoms with E-state index in [4.69, 9.17) is 0 Å². The first-order valence-electron chi connectivity index (χ1n) is 5.69. The molecule has 7 nitrogen and oxygen atoms in total. The standard InChI is InChI=1S/C10H20N2O5S2/c1-4-19(15,16)12-8(5-6-18-3)10(14)11-7-9(13)17-2/h8,12H,4-7H2,1-3H3,(H,11,14). The maximum Gasteiger partial charge on any atom is 0.325 e. The summed E-state index contributed by atoms with van der Waals surface area (Å²) >= 11 is 1.50. The monoisotopic (exact) mass is 312 g/mol. The lowest BCUT2D eigenvalue weighted by Crippen LogP contribution is -2.48. The van der Waals surface area contributed by atoms with E-state index in [0.29, 0.717) is 12.2 Å². The number of ether oxygens (including phenoxy) is 1. The molecule has 0 radical (unpaired) electrons. The molecule has 1 atom stereocenters. The van der Waals surface area contributed by atoms with E-state index >= 15 is 0 Å². The number of nitrogens with one attached hydrogen (secondary N) is 2. The Morgan fingerprint density at radius 1 is 1.37 bits per heavy atom. The van der Waals surface area contributed by atoms with Crippen molar-refractivity contribution in [1.29, 1.82) is 0 Å². The van der Waals surface area contributed by atoms with Crippen molar-refractivity contribution in [1.82, 2.24) is 10.0 Å². The third-order valence-electron chi connectivity index (χ3n) is 2.26. The number of thioether (sulfide) groups is 1. The van der Waals surface area contributed by atoms with Gasteiger partial charge in [0.15, 0.2) is 0 Å². The Balaban J connectivity index is 4.56. The Morgan fingerprint density at radius 2 is 2.00 bits per heavy atom. The molecular weight excluding hydrogens is 292 g/mol. The molecule has 0 heterocycles. The van der Waals surface area contributed by atoms with Crippen molar-refractivity contribution >= 4 is 33.7 Å². The second kappa shape index (κ2) is 9.16. The van der Waals surface area contributed by atoms with Crippen LogP contribution in [-0.2, 0) is 24.3 Å². The van der Waals surface area contributed by atoms with Crippen molar-refractivity contribution in [2.24, 2.45) is 0 Å². The van der Waals surface area contributed by atoms with Gasteiger partial charge in [-0.1, -0.05) is 0 Å². The summed E-state index contributed by atoms with van der Waals surface area (Å²) < 4.78 is 29.7. The van der Waals surface area contributed by atoms with Gasteiger partial charge in [-0.05, 0) is 25.4 Å². The van der Waals surface area contributed by atoms with Gasteiger partial charge in [-0.2, -0.15) is 11.8 Å². The Hall–Kier alpha value is -0.800. The lowest BCUT2D eigenvalue weighted by Gasteiger charge is -2.17. The molecule has 1 unspecified atom stereocenters. The van der Waals surface area contributed by atoms with Gasteiger partial charge in [0.1, 0.15) is 12.6 Å². The fourth-order valence-corrected chi connectivity index (χ4v) is 2.43. The first-order chi connectivity index (χ1) is 8.86. The van der Waals surface area contributed by atoms with Crippen LogP contribution in [0.3, 0.4) is 0 Å². The number of amides is 1. The SMILES string of the molecule is CCS(=O)(=O)NC(CCSC)C(=O)NCC(=O)OC. The van der Waals surface area contributed by atoms with E-state index in [1.165, 1.54) is 25.8 Å². The van der Waals surface area contributed by atoms with Crippen LogP contribution in [0.4, 0.5) is 0 Å². The first-order valence-corrected chi connectivity index (χ1v) is 8.74. The number of esters is 1. The van der Waals surface area contributed by atoms with Crippen LogP contribution in [-0.4, -0.2) is 57.8 Å². The molecule has 0 saturated heterocycles. The Labute approximate surface area is 117 Å². The molecule has 0 spiro atoms. The van der Waals surface area contributed by atoms with Crippen molar-refractivity contribution in [2.45, 2.75) is 19.4 Å². The summed E-state index contributed by atoms with van der Waals surface area (Å²) in [6.07, 6.45) is 2.21. The zero-order valence-electron chi connectivity index (χ0n) is 11.3. The predicted octanol–water partition coefficient (Wildman–Crippen LogP) is -0.663. The minimum atomic E-state index is -3.47. The topological polar surface area (TPSA) is 102 Å². The number of hydrogen-bond acceptors (Lipinski definition) is 6. The molecule has 0 bridgehead atoms. The van der Waals surface area contributed by atoms with Crippen molar-refractivity contribution in [2.75, 3.05) is 31.4 Å². The minimum absolute atomic E-state index is 0.104. The minimum Gasteiger partial charge on any atom is -0.468 e. The molecule has 0 aromatic carbocycles. The molecule has 0 rings (SSSR count). The maximum absolute atomic E-state index is 11.8. The molecule has 9 heteroatoms. The zero-order valence-corrected chi connectivity index (χ0v) is 12.9. The van der Waals surface area contributed by atoms with Crippen LogP contribution in [0.1, 0.15) is 13.3 Å². The van der Waals surface area contributed by atoms with Crippen LogP contribution in [0, 0.1) is 0 Å². The predicted molar refractivity (Wildman–Crippen MR) is 74.4 cm³/mol. The molecule has 2 N–H and O–H groups in total. The Kier molecular flexibility index (Phi) is 8.77. The van der Waals surface area contributed by atoms with Crippen LogP contribution in [0.15, 0.2) is 0 Å². The van der Waals surface area contributed by atoms with Gasteiger partial charge >= 0.3 is 5.97 Å². The molecule has 0 fully saturated rings. The van der Waals surface area contributed by atoms with Crippen molar-refractivity contribution in [3.8, 4) is 0 Å². The smallest absolute Gasteiger partial charge is 0.325 e. The number of carbonyl (C=O) groups excluding carboxylic acids is 2. The van der Waals surface area contributed by atoms with E-state index in [1.807, 2.05) is 6.26 Å². The molecule has 0 aliphatic heterocycles.